The summed E-state index contributed by atoms with van der Waals surface area (Å²) >= 11 is 0. The van der Waals surface area contributed by atoms with Crippen molar-refractivity contribution in [2.75, 3.05) is 26.4 Å². The molecule has 0 aliphatic carbocycles. The standard InChI is InChI=1S/C10H14O2.C8H18.C6H10O2.C5H12.C3H6/c1-3-5-6-9(4-2)11-7-10-8-12-10;1-6-8(4,5)7(2)3;1-5(2)7-3-6-4-8-6;1-5(2,3)4;1-3-2/h3-6,10H,2,7-8H2,1H3;7H,6H2,1-5H3;6H,1,3-4H2,2H3;1-4H3;3H,1H2,2H3/b5-3-,9-6+;;;;. The Morgan fingerprint density at radius 1 is 0.944 bits per heavy atom. The summed E-state index contributed by atoms with van der Waals surface area (Å²) in [6.07, 6.45) is 11.1. The summed E-state index contributed by atoms with van der Waals surface area (Å²) in [6.45, 7) is 39.5. The van der Waals surface area contributed by atoms with Crippen LogP contribution in [0.1, 0.15) is 89.5 Å². The lowest BCUT2D eigenvalue weighted by atomic mass is 9.79. The average molecular weight is 509 g/mol. The molecule has 2 rings (SSSR count). The fourth-order valence-corrected chi connectivity index (χ4v) is 1.53. The molecule has 0 N–H and O–H groups in total. The molecule has 4 nitrogen and oxygen atoms in total. The van der Waals surface area contributed by atoms with Crippen LogP contribution in [0.25, 0.3) is 0 Å². The Kier molecular flexibility index (Phi) is 24.1. The lowest BCUT2D eigenvalue weighted by Crippen LogP contribution is -2.17. The van der Waals surface area contributed by atoms with Crippen molar-refractivity contribution in [2.24, 2.45) is 16.7 Å². The zero-order chi connectivity index (χ0) is 28.8. The molecule has 0 saturated carbocycles. The molecule has 0 spiro atoms. The third-order valence-electron chi connectivity index (χ3n) is 4.88. The highest BCUT2D eigenvalue weighted by Gasteiger charge is 2.23. The first-order chi connectivity index (χ1) is 16.6. The van der Waals surface area contributed by atoms with Crippen LogP contribution in [0.15, 0.2) is 61.6 Å². The molecule has 2 aliphatic heterocycles. The van der Waals surface area contributed by atoms with Crippen molar-refractivity contribution in [3.63, 3.8) is 0 Å². The Morgan fingerprint density at radius 2 is 1.33 bits per heavy atom. The molecule has 0 aromatic heterocycles. The molecule has 212 valence electrons. The molecule has 2 fully saturated rings. The molecule has 0 amide bonds. The summed E-state index contributed by atoms with van der Waals surface area (Å²) in [4.78, 5) is 0. The molecule has 2 heterocycles. The molecule has 2 aliphatic rings. The van der Waals surface area contributed by atoms with Gasteiger partial charge < -0.3 is 18.9 Å². The minimum Gasteiger partial charge on any atom is -0.496 e. The second kappa shape index (κ2) is 22.4. The Hall–Kier alpha value is -1.78. The number of ether oxygens (including phenoxy) is 4. The van der Waals surface area contributed by atoms with Gasteiger partial charge in [-0.15, -0.1) is 6.58 Å². The van der Waals surface area contributed by atoms with Crippen LogP contribution in [0.2, 0.25) is 0 Å². The predicted octanol–water partition coefficient (Wildman–Crippen LogP) is 9.31. The van der Waals surface area contributed by atoms with E-state index in [-0.39, 0.29) is 0 Å². The minimum atomic E-state index is 0.305. The molecule has 0 aromatic rings. The third kappa shape index (κ3) is 36.8. The van der Waals surface area contributed by atoms with Crippen molar-refractivity contribution < 1.29 is 18.9 Å². The van der Waals surface area contributed by atoms with Crippen LogP contribution in [-0.2, 0) is 18.9 Å². The van der Waals surface area contributed by atoms with Crippen LogP contribution in [0, 0.1) is 16.7 Å². The largest absolute Gasteiger partial charge is 0.496 e. The van der Waals surface area contributed by atoms with E-state index in [0.717, 1.165) is 30.6 Å². The molecular formula is C32H60O4. The molecule has 36 heavy (non-hydrogen) atoms. The van der Waals surface area contributed by atoms with Crippen molar-refractivity contribution in [3.8, 4) is 0 Å². The molecule has 0 radical (unpaired) electrons. The van der Waals surface area contributed by atoms with Gasteiger partial charge >= 0.3 is 0 Å². The molecular weight excluding hydrogens is 448 g/mol. The Labute approximate surface area is 225 Å². The monoisotopic (exact) mass is 508 g/mol. The number of allylic oxidation sites excluding steroid dienone is 6. The van der Waals surface area contributed by atoms with Crippen LogP contribution < -0.4 is 0 Å². The summed E-state index contributed by atoms with van der Waals surface area (Å²) in [5, 5.41) is 0. The van der Waals surface area contributed by atoms with E-state index in [1.54, 1.807) is 12.2 Å². The van der Waals surface area contributed by atoms with Crippen molar-refractivity contribution in [1.82, 2.24) is 0 Å². The van der Waals surface area contributed by atoms with Crippen LogP contribution in [-0.4, -0.2) is 38.6 Å². The number of rotatable bonds is 10. The van der Waals surface area contributed by atoms with Crippen molar-refractivity contribution in [2.45, 2.75) is 102 Å². The van der Waals surface area contributed by atoms with E-state index in [2.05, 4.69) is 82.1 Å². The van der Waals surface area contributed by atoms with Gasteiger partial charge in [0.15, 0.2) is 0 Å². The van der Waals surface area contributed by atoms with E-state index >= 15 is 0 Å². The Morgan fingerprint density at radius 3 is 1.56 bits per heavy atom. The van der Waals surface area contributed by atoms with Crippen molar-refractivity contribution in [3.05, 3.63) is 61.6 Å². The minimum absolute atomic E-state index is 0.305. The fourth-order valence-electron chi connectivity index (χ4n) is 1.53. The van der Waals surface area contributed by atoms with Crippen LogP contribution in [0.3, 0.4) is 0 Å². The summed E-state index contributed by atoms with van der Waals surface area (Å²) in [5.41, 5.74) is 1.04. The third-order valence-corrected chi connectivity index (χ3v) is 4.88. The highest BCUT2D eigenvalue weighted by atomic mass is 16.6. The Balaban J connectivity index is -0.000000404. The van der Waals surface area contributed by atoms with Crippen molar-refractivity contribution >= 4 is 0 Å². The van der Waals surface area contributed by atoms with Crippen molar-refractivity contribution in [1.29, 1.82) is 0 Å². The second-order valence-electron chi connectivity index (χ2n) is 11.4. The topological polar surface area (TPSA) is 43.5 Å². The zero-order valence-corrected chi connectivity index (χ0v) is 25.9. The summed E-state index contributed by atoms with van der Waals surface area (Å²) in [5.74, 6) is 2.37. The molecule has 4 heteroatoms. The summed E-state index contributed by atoms with van der Waals surface area (Å²) in [7, 11) is 0. The van der Waals surface area contributed by atoms with Gasteiger partial charge in [-0.2, -0.15) is 0 Å². The lowest BCUT2D eigenvalue weighted by Gasteiger charge is -2.27. The SMILES string of the molecule is C=C(C)OCC1CO1.C=C/C(=C\C=C/C)OCC1CO1.C=CC.CC(C)(C)C.CCC(C)(C)C(C)C. The molecule has 0 aromatic carbocycles. The maximum Gasteiger partial charge on any atom is 0.118 e. The highest BCUT2D eigenvalue weighted by molar-refractivity contribution is 5.16. The summed E-state index contributed by atoms with van der Waals surface area (Å²) < 4.78 is 20.3. The lowest BCUT2D eigenvalue weighted by molar-refractivity contribution is 0.186. The zero-order valence-electron chi connectivity index (χ0n) is 25.9. The first kappa shape index (κ1) is 38.7. The fraction of sp³-hybridized carbons (Fsp3) is 0.688. The molecule has 2 unspecified atom stereocenters. The van der Waals surface area contributed by atoms with E-state index in [9.17, 15) is 0 Å². The number of hydrogen-bond acceptors (Lipinski definition) is 4. The van der Waals surface area contributed by atoms with E-state index in [0.29, 0.717) is 36.3 Å². The number of epoxide rings is 2. The van der Waals surface area contributed by atoms with Gasteiger partial charge in [-0.25, -0.2) is 0 Å². The van der Waals surface area contributed by atoms with Gasteiger partial charge in [0.2, 0.25) is 0 Å². The van der Waals surface area contributed by atoms with Gasteiger partial charge in [-0.05, 0) is 49.7 Å². The maximum absolute atomic E-state index is 5.38. The number of hydrogen-bond donors (Lipinski definition) is 0. The van der Waals surface area contributed by atoms with Gasteiger partial charge in [0, 0.05) is 0 Å². The normalized spacial score (nSPS) is 18.0. The molecule has 2 saturated heterocycles. The molecule has 0 bridgehead atoms. The van der Waals surface area contributed by atoms with Crippen LogP contribution >= 0.6 is 0 Å². The van der Waals surface area contributed by atoms with Crippen LogP contribution in [0.4, 0.5) is 0 Å². The maximum atomic E-state index is 5.38. The second-order valence-corrected chi connectivity index (χ2v) is 11.4. The van der Waals surface area contributed by atoms with Gasteiger partial charge in [0.05, 0.1) is 19.0 Å². The van der Waals surface area contributed by atoms with E-state index in [4.69, 9.17) is 18.9 Å². The predicted molar refractivity (Wildman–Crippen MR) is 159 cm³/mol. The quantitative estimate of drug-likeness (QED) is 0.128. The van der Waals surface area contributed by atoms with Gasteiger partial charge in [0.1, 0.15) is 31.2 Å². The van der Waals surface area contributed by atoms with Crippen LogP contribution in [0.5, 0.6) is 0 Å². The van der Waals surface area contributed by atoms with E-state index in [1.807, 2.05) is 39.0 Å². The van der Waals surface area contributed by atoms with E-state index < -0.39 is 0 Å². The smallest absolute Gasteiger partial charge is 0.118 e. The van der Waals surface area contributed by atoms with Gasteiger partial charge in [0.25, 0.3) is 0 Å². The van der Waals surface area contributed by atoms with E-state index in [1.165, 1.54) is 6.42 Å². The van der Waals surface area contributed by atoms with Gasteiger partial charge in [-0.3, -0.25) is 0 Å². The van der Waals surface area contributed by atoms with Gasteiger partial charge in [-0.1, -0.05) is 100 Å². The Bertz CT molecular complexity index is 607. The molecule has 2 atom stereocenters. The average Bonchev–Trinajstić information content (AvgIpc) is 3.68. The first-order valence-corrected chi connectivity index (χ1v) is 13.2. The first-order valence-electron chi connectivity index (χ1n) is 13.2. The summed E-state index contributed by atoms with van der Waals surface area (Å²) in [6, 6.07) is 0. The highest BCUT2D eigenvalue weighted by Crippen LogP contribution is 2.28.